The Balaban J connectivity index is 2.07. The molecule has 1 aromatic carbocycles. The first-order valence-electron chi connectivity index (χ1n) is 9.82. The van der Waals surface area contributed by atoms with Gasteiger partial charge in [0.25, 0.3) is 0 Å². The Bertz CT molecular complexity index is 1000. The number of rotatable bonds is 7. The van der Waals surface area contributed by atoms with Crippen LogP contribution in [0.15, 0.2) is 39.6 Å². The van der Waals surface area contributed by atoms with Crippen molar-refractivity contribution in [1.82, 2.24) is 14.4 Å². The van der Waals surface area contributed by atoms with Gasteiger partial charge in [0, 0.05) is 13.1 Å². The molecule has 3 rings (SSSR count). The Kier molecular flexibility index (Phi) is 6.65. The van der Waals surface area contributed by atoms with Crippen LogP contribution in [-0.2, 0) is 22.7 Å². The van der Waals surface area contributed by atoms with Crippen molar-refractivity contribution in [2.75, 3.05) is 13.6 Å². The van der Waals surface area contributed by atoms with E-state index in [4.69, 9.17) is 4.74 Å². The molecule has 0 aliphatic carbocycles. The number of pyridine rings is 1. The maximum absolute atomic E-state index is 13.0. The number of hydrogen-bond donors (Lipinski definition) is 0. The van der Waals surface area contributed by atoms with E-state index in [1.165, 1.54) is 0 Å². The average Bonchev–Trinajstić information content (AvgIpc) is 2.73. The largest absolute Gasteiger partial charge is 0.483 e. The zero-order valence-corrected chi connectivity index (χ0v) is 19.2. The van der Waals surface area contributed by atoms with Gasteiger partial charge < -0.3 is 19.1 Å². The molecule has 30 heavy (non-hydrogen) atoms. The predicted octanol–water partition coefficient (Wildman–Crippen LogP) is 2.88. The van der Waals surface area contributed by atoms with Crippen LogP contribution >= 0.6 is 15.9 Å². The van der Waals surface area contributed by atoms with Crippen LogP contribution in [0, 0.1) is 6.92 Å². The smallest absolute Gasteiger partial charge is 0.247 e. The van der Waals surface area contributed by atoms with E-state index in [2.05, 4.69) is 15.9 Å². The van der Waals surface area contributed by atoms with E-state index in [1.54, 1.807) is 23.8 Å². The van der Waals surface area contributed by atoms with Gasteiger partial charge in [-0.25, -0.2) is 0 Å². The molecule has 1 aliphatic rings. The van der Waals surface area contributed by atoms with E-state index < -0.39 is 6.04 Å². The number of likely N-dealkylation sites (N-methyl/N-ethyl adjacent to an activating group) is 1. The molecule has 0 saturated heterocycles. The van der Waals surface area contributed by atoms with Gasteiger partial charge in [0.05, 0.1) is 29.0 Å². The standard InChI is InChI=1S/C22H26BrN3O4/c1-14(2)25(13-27)11-18-22(29)24(4)10-17-19(23)20(28)21(15(3)26(17)18)30-12-16-8-6-5-7-9-16/h5-9,13-14,18H,10-12H2,1-4H3. The third-order valence-electron chi connectivity index (χ3n) is 5.41. The molecular formula is C22H26BrN3O4. The number of halogens is 1. The number of ether oxygens (including phenoxy) is 1. The van der Waals surface area contributed by atoms with Gasteiger partial charge in [-0.2, -0.15) is 0 Å². The Morgan fingerprint density at radius 2 is 1.93 bits per heavy atom. The highest BCUT2D eigenvalue weighted by molar-refractivity contribution is 9.10. The summed E-state index contributed by atoms with van der Waals surface area (Å²) in [6.07, 6.45) is 0.756. The van der Waals surface area contributed by atoms with Crippen molar-refractivity contribution in [3.05, 3.63) is 62.0 Å². The average molecular weight is 476 g/mol. The number of aromatic nitrogens is 1. The molecule has 8 heteroatoms. The van der Waals surface area contributed by atoms with Gasteiger partial charge in [0.2, 0.25) is 17.7 Å². The van der Waals surface area contributed by atoms with Crippen molar-refractivity contribution in [3.63, 3.8) is 0 Å². The molecule has 2 amide bonds. The summed E-state index contributed by atoms with van der Waals surface area (Å²) in [7, 11) is 1.70. The van der Waals surface area contributed by atoms with Crippen LogP contribution in [0.25, 0.3) is 0 Å². The van der Waals surface area contributed by atoms with E-state index in [-0.39, 0.29) is 36.3 Å². The van der Waals surface area contributed by atoms with Crippen molar-refractivity contribution < 1.29 is 14.3 Å². The zero-order chi connectivity index (χ0) is 22.0. The second-order valence-corrected chi connectivity index (χ2v) is 8.55. The number of nitrogens with zero attached hydrogens (tertiary/aromatic N) is 3. The SMILES string of the molecule is Cc1c(OCc2ccccc2)c(=O)c(Br)c2n1C(CN(C=O)C(C)C)C(=O)N(C)C2. The highest BCUT2D eigenvalue weighted by atomic mass is 79.9. The Labute approximate surface area is 184 Å². The maximum atomic E-state index is 13.0. The molecule has 1 unspecified atom stereocenters. The highest BCUT2D eigenvalue weighted by Crippen LogP contribution is 2.32. The molecule has 2 heterocycles. The Hall–Kier alpha value is -2.61. The van der Waals surface area contributed by atoms with Crippen LogP contribution in [0.3, 0.4) is 0 Å². The van der Waals surface area contributed by atoms with E-state index in [0.717, 1.165) is 12.0 Å². The first-order valence-corrected chi connectivity index (χ1v) is 10.6. The molecule has 7 nitrogen and oxygen atoms in total. The third-order valence-corrected chi connectivity index (χ3v) is 6.23. The first-order chi connectivity index (χ1) is 14.3. The van der Waals surface area contributed by atoms with Crippen molar-refractivity contribution in [1.29, 1.82) is 0 Å². The van der Waals surface area contributed by atoms with Crippen LogP contribution in [0.4, 0.5) is 0 Å². The predicted molar refractivity (Wildman–Crippen MR) is 117 cm³/mol. The molecule has 0 saturated carbocycles. The molecule has 0 spiro atoms. The summed E-state index contributed by atoms with van der Waals surface area (Å²) in [6.45, 7) is 6.33. The van der Waals surface area contributed by atoms with E-state index in [0.29, 0.717) is 22.4 Å². The van der Waals surface area contributed by atoms with Gasteiger partial charge >= 0.3 is 0 Å². The van der Waals surface area contributed by atoms with Gasteiger partial charge in [-0.05, 0) is 42.3 Å². The quantitative estimate of drug-likeness (QED) is 0.577. The minimum Gasteiger partial charge on any atom is -0.483 e. The molecule has 0 bridgehead atoms. The molecule has 0 radical (unpaired) electrons. The van der Waals surface area contributed by atoms with Gasteiger partial charge in [-0.15, -0.1) is 0 Å². The fourth-order valence-electron chi connectivity index (χ4n) is 3.68. The number of hydrogen-bond acceptors (Lipinski definition) is 4. The van der Waals surface area contributed by atoms with E-state index in [1.807, 2.05) is 48.7 Å². The monoisotopic (exact) mass is 475 g/mol. The number of fused-ring (bicyclic) bond motifs is 1. The third kappa shape index (κ3) is 4.14. The molecule has 1 atom stereocenters. The topological polar surface area (TPSA) is 71.8 Å². The molecular weight excluding hydrogens is 450 g/mol. The summed E-state index contributed by atoms with van der Waals surface area (Å²) in [5, 5.41) is 0. The first kappa shape index (κ1) is 22.1. The van der Waals surface area contributed by atoms with E-state index >= 15 is 0 Å². The molecule has 2 aromatic rings. The number of benzene rings is 1. The fraction of sp³-hybridized carbons (Fsp3) is 0.409. The van der Waals surface area contributed by atoms with Crippen molar-refractivity contribution in [3.8, 4) is 5.75 Å². The lowest BCUT2D eigenvalue weighted by molar-refractivity contribution is -0.137. The zero-order valence-electron chi connectivity index (χ0n) is 17.6. The summed E-state index contributed by atoms with van der Waals surface area (Å²) >= 11 is 3.43. The highest BCUT2D eigenvalue weighted by Gasteiger charge is 2.36. The summed E-state index contributed by atoms with van der Waals surface area (Å²) < 4.78 is 8.14. The summed E-state index contributed by atoms with van der Waals surface area (Å²) in [6, 6.07) is 8.89. The number of amides is 2. The lowest BCUT2D eigenvalue weighted by atomic mass is 10.1. The number of carbonyl (C=O) groups is 2. The fourth-order valence-corrected chi connectivity index (χ4v) is 4.18. The molecule has 160 valence electrons. The minimum absolute atomic E-state index is 0.0529. The van der Waals surface area contributed by atoms with Crippen LogP contribution in [0.1, 0.15) is 36.8 Å². The molecule has 1 aromatic heterocycles. The molecule has 0 N–H and O–H groups in total. The van der Waals surface area contributed by atoms with Crippen LogP contribution < -0.4 is 10.2 Å². The normalized spacial score (nSPS) is 15.9. The lowest BCUT2D eigenvalue weighted by Gasteiger charge is -2.38. The molecule has 0 fully saturated rings. The van der Waals surface area contributed by atoms with E-state index in [9.17, 15) is 14.4 Å². The summed E-state index contributed by atoms with van der Waals surface area (Å²) in [4.78, 5) is 40.8. The Morgan fingerprint density at radius 1 is 1.27 bits per heavy atom. The Morgan fingerprint density at radius 3 is 2.53 bits per heavy atom. The van der Waals surface area contributed by atoms with Gasteiger partial charge in [0.1, 0.15) is 12.6 Å². The van der Waals surface area contributed by atoms with Crippen LogP contribution in [0.2, 0.25) is 0 Å². The number of carbonyl (C=O) groups excluding carboxylic acids is 2. The van der Waals surface area contributed by atoms with Crippen LogP contribution in [0.5, 0.6) is 5.75 Å². The van der Waals surface area contributed by atoms with Crippen molar-refractivity contribution in [2.45, 2.75) is 46.0 Å². The van der Waals surface area contributed by atoms with Gasteiger partial charge in [-0.3, -0.25) is 14.4 Å². The summed E-state index contributed by atoms with van der Waals surface area (Å²) in [5.74, 6) is 0.0988. The van der Waals surface area contributed by atoms with Gasteiger partial charge in [-0.1, -0.05) is 30.3 Å². The van der Waals surface area contributed by atoms with Gasteiger partial charge in [0.15, 0.2) is 5.75 Å². The maximum Gasteiger partial charge on any atom is 0.247 e. The summed E-state index contributed by atoms with van der Waals surface area (Å²) in [5.41, 5.74) is 1.98. The second kappa shape index (κ2) is 9.04. The van der Waals surface area contributed by atoms with Crippen LogP contribution in [-0.4, -0.2) is 46.3 Å². The lowest BCUT2D eigenvalue weighted by Crippen LogP contribution is -2.48. The van der Waals surface area contributed by atoms with Crippen molar-refractivity contribution >= 4 is 28.2 Å². The minimum atomic E-state index is -0.637. The van der Waals surface area contributed by atoms with Crippen molar-refractivity contribution in [2.24, 2.45) is 0 Å². The second-order valence-electron chi connectivity index (χ2n) is 7.75. The molecule has 1 aliphatic heterocycles.